The van der Waals surface area contributed by atoms with Crippen molar-refractivity contribution in [2.75, 3.05) is 27.3 Å². The third-order valence-corrected chi connectivity index (χ3v) is 8.66. The number of rotatable bonds is 9. The second-order valence-electron chi connectivity index (χ2n) is 9.33. The predicted molar refractivity (Wildman–Crippen MR) is 145 cm³/mol. The molecule has 9 nitrogen and oxygen atoms in total. The summed E-state index contributed by atoms with van der Waals surface area (Å²) in [7, 11) is -0.563. The fourth-order valence-corrected chi connectivity index (χ4v) is 6.24. The molecule has 2 N–H and O–H groups in total. The lowest BCUT2D eigenvalue weighted by molar-refractivity contribution is -0.128. The number of methoxy groups -OCH3 is 2. The van der Waals surface area contributed by atoms with Crippen molar-refractivity contribution in [2.24, 2.45) is 0 Å². The van der Waals surface area contributed by atoms with E-state index >= 15 is 0 Å². The van der Waals surface area contributed by atoms with Crippen molar-refractivity contribution in [3.63, 3.8) is 0 Å². The van der Waals surface area contributed by atoms with Gasteiger partial charge in [-0.05, 0) is 53.9 Å². The molecule has 0 saturated carbocycles. The van der Waals surface area contributed by atoms with Gasteiger partial charge in [-0.1, -0.05) is 30.3 Å². The maximum Gasteiger partial charge on any atom is 0.243 e. The molecule has 1 unspecified atom stereocenters. The molecule has 0 radical (unpaired) electrons. The molecule has 2 amide bonds. The maximum absolute atomic E-state index is 13.3. The first-order chi connectivity index (χ1) is 18.2. The summed E-state index contributed by atoms with van der Waals surface area (Å²) in [6.45, 7) is 1.93. The topological polar surface area (TPSA) is 114 Å². The molecule has 0 bridgehead atoms. The number of sulfonamides is 1. The van der Waals surface area contributed by atoms with Gasteiger partial charge in [-0.2, -0.15) is 4.31 Å². The van der Waals surface area contributed by atoms with Crippen LogP contribution in [-0.2, 0) is 26.0 Å². The fourth-order valence-electron chi connectivity index (χ4n) is 4.74. The largest absolute Gasteiger partial charge is 0.497 e. The standard InChI is InChI=1S/C28H33N3O6S/c1-19(32)29-26(18-22-16-24(36-2)9-11-27(22)37-3)28(33)30-23-12-14-31(15-13-23)38(34,35)25-10-8-20-6-4-5-7-21(20)17-25/h4-11,16-17,23,26H,12-15,18H2,1-3H3,(H,29,32)(H,30,33). The summed E-state index contributed by atoms with van der Waals surface area (Å²) in [6.07, 6.45) is 1.14. The minimum atomic E-state index is -3.65. The van der Waals surface area contributed by atoms with Crippen LogP contribution in [0.1, 0.15) is 25.3 Å². The molecule has 202 valence electrons. The van der Waals surface area contributed by atoms with E-state index in [1.807, 2.05) is 30.3 Å². The number of piperidine rings is 1. The summed E-state index contributed by atoms with van der Waals surface area (Å²) < 4.78 is 38.7. The van der Waals surface area contributed by atoms with Crippen LogP contribution in [0.15, 0.2) is 65.6 Å². The first-order valence-corrected chi connectivity index (χ1v) is 13.9. The van der Waals surface area contributed by atoms with E-state index in [0.717, 1.165) is 16.3 Å². The predicted octanol–water partition coefficient (Wildman–Crippen LogP) is 2.87. The Morgan fingerprint density at radius 1 is 0.974 bits per heavy atom. The number of carbonyl (C=O) groups is 2. The summed E-state index contributed by atoms with van der Waals surface area (Å²) in [5.74, 6) is 0.535. The van der Waals surface area contributed by atoms with Crippen LogP contribution in [0.4, 0.5) is 0 Å². The van der Waals surface area contributed by atoms with E-state index in [-0.39, 0.29) is 42.3 Å². The van der Waals surface area contributed by atoms with Crippen LogP contribution < -0.4 is 20.1 Å². The highest BCUT2D eigenvalue weighted by atomic mass is 32.2. The number of fused-ring (bicyclic) bond motifs is 1. The van der Waals surface area contributed by atoms with E-state index in [9.17, 15) is 18.0 Å². The zero-order chi connectivity index (χ0) is 27.3. The molecule has 1 fully saturated rings. The smallest absolute Gasteiger partial charge is 0.243 e. The molecule has 38 heavy (non-hydrogen) atoms. The van der Waals surface area contributed by atoms with Crippen LogP contribution >= 0.6 is 0 Å². The van der Waals surface area contributed by atoms with Gasteiger partial charge in [0.2, 0.25) is 21.8 Å². The number of carbonyl (C=O) groups excluding carboxylic acids is 2. The highest BCUT2D eigenvalue weighted by Crippen LogP contribution is 2.26. The van der Waals surface area contributed by atoms with Crippen LogP contribution in [0.2, 0.25) is 0 Å². The Bertz CT molecular complexity index is 1420. The van der Waals surface area contributed by atoms with Gasteiger partial charge in [-0.25, -0.2) is 8.42 Å². The number of benzene rings is 3. The van der Waals surface area contributed by atoms with E-state index in [1.54, 1.807) is 44.6 Å². The summed E-state index contributed by atoms with van der Waals surface area (Å²) in [6, 6.07) is 17.0. The van der Waals surface area contributed by atoms with Crippen LogP contribution in [0.25, 0.3) is 10.8 Å². The third-order valence-electron chi connectivity index (χ3n) is 6.76. The Kier molecular flexibility index (Phi) is 8.53. The molecule has 0 aromatic heterocycles. The molecular formula is C28H33N3O6S. The molecule has 0 aliphatic carbocycles. The SMILES string of the molecule is COc1ccc(OC)c(CC(NC(C)=O)C(=O)NC2CCN(S(=O)(=O)c3ccc4ccccc4c3)CC2)c1. The monoisotopic (exact) mass is 539 g/mol. The third kappa shape index (κ3) is 6.25. The van der Waals surface area contributed by atoms with E-state index in [4.69, 9.17) is 9.47 Å². The first kappa shape index (κ1) is 27.4. The zero-order valence-corrected chi connectivity index (χ0v) is 22.6. The molecule has 1 heterocycles. The second kappa shape index (κ2) is 11.8. The van der Waals surface area contributed by atoms with Crippen molar-refractivity contribution < 1.29 is 27.5 Å². The average molecular weight is 540 g/mol. The lowest BCUT2D eigenvalue weighted by Crippen LogP contribution is -2.53. The van der Waals surface area contributed by atoms with E-state index in [2.05, 4.69) is 10.6 Å². The number of nitrogens with one attached hydrogen (secondary N) is 2. The first-order valence-electron chi connectivity index (χ1n) is 12.5. The molecule has 3 aromatic rings. The van der Waals surface area contributed by atoms with E-state index in [0.29, 0.717) is 24.3 Å². The normalized spacial score (nSPS) is 15.6. The van der Waals surface area contributed by atoms with Gasteiger partial charge in [0.1, 0.15) is 17.5 Å². The number of hydrogen-bond donors (Lipinski definition) is 2. The van der Waals surface area contributed by atoms with Gasteiger partial charge in [0, 0.05) is 38.0 Å². The summed E-state index contributed by atoms with van der Waals surface area (Å²) in [5, 5.41) is 7.57. The van der Waals surface area contributed by atoms with Gasteiger partial charge in [-0.15, -0.1) is 0 Å². The van der Waals surface area contributed by atoms with Crippen molar-refractivity contribution in [1.82, 2.24) is 14.9 Å². The van der Waals surface area contributed by atoms with Crippen molar-refractivity contribution in [3.05, 3.63) is 66.2 Å². The highest BCUT2D eigenvalue weighted by Gasteiger charge is 2.31. The summed E-state index contributed by atoms with van der Waals surface area (Å²) in [5.41, 5.74) is 0.719. The number of ether oxygens (including phenoxy) is 2. The minimum Gasteiger partial charge on any atom is -0.497 e. The molecule has 1 atom stereocenters. The molecule has 1 aliphatic rings. The van der Waals surface area contributed by atoms with Gasteiger partial charge in [0.15, 0.2) is 0 Å². The van der Waals surface area contributed by atoms with Gasteiger partial charge in [-0.3, -0.25) is 9.59 Å². The van der Waals surface area contributed by atoms with Crippen molar-refractivity contribution in [1.29, 1.82) is 0 Å². The minimum absolute atomic E-state index is 0.209. The Morgan fingerprint density at radius 2 is 1.68 bits per heavy atom. The van der Waals surface area contributed by atoms with E-state index < -0.39 is 16.1 Å². The Morgan fingerprint density at radius 3 is 2.34 bits per heavy atom. The Hall–Kier alpha value is -3.63. The van der Waals surface area contributed by atoms with Gasteiger partial charge in [0.05, 0.1) is 19.1 Å². The fraction of sp³-hybridized carbons (Fsp3) is 0.357. The summed E-state index contributed by atoms with van der Waals surface area (Å²) in [4.78, 5) is 25.3. The quantitative estimate of drug-likeness (QED) is 0.432. The maximum atomic E-state index is 13.3. The lowest BCUT2D eigenvalue weighted by atomic mass is 10.0. The van der Waals surface area contributed by atoms with Crippen molar-refractivity contribution >= 4 is 32.6 Å². The second-order valence-corrected chi connectivity index (χ2v) is 11.3. The number of amides is 2. The van der Waals surface area contributed by atoms with Crippen LogP contribution in [0, 0.1) is 0 Å². The van der Waals surface area contributed by atoms with Gasteiger partial charge < -0.3 is 20.1 Å². The average Bonchev–Trinajstić information content (AvgIpc) is 2.92. The van der Waals surface area contributed by atoms with Crippen LogP contribution in [0.3, 0.4) is 0 Å². The Labute approximate surface area is 223 Å². The molecule has 1 saturated heterocycles. The molecular weight excluding hydrogens is 506 g/mol. The van der Waals surface area contributed by atoms with Gasteiger partial charge in [0.25, 0.3) is 0 Å². The number of nitrogens with zero attached hydrogens (tertiary/aromatic N) is 1. The molecule has 10 heteroatoms. The van der Waals surface area contributed by atoms with Crippen molar-refractivity contribution in [3.8, 4) is 11.5 Å². The molecule has 3 aromatic carbocycles. The van der Waals surface area contributed by atoms with Crippen LogP contribution in [0.5, 0.6) is 11.5 Å². The Balaban J connectivity index is 1.41. The lowest BCUT2D eigenvalue weighted by Gasteiger charge is -2.32. The van der Waals surface area contributed by atoms with E-state index in [1.165, 1.54) is 11.2 Å². The number of hydrogen-bond acceptors (Lipinski definition) is 6. The van der Waals surface area contributed by atoms with Crippen molar-refractivity contribution in [2.45, 2.75) is 43.2 Å². The molecule has 4 rings (SSSR count). The summed E-state index contributed by atoms with van der Waals surface area (Å²) >= 11 is 0. The van der Waals surface area contributed by atoms with Crippen LogP contribution in [-0.4, -0.2) is 63.9 Å². The molecule has 1 aliphatic heterocycles. The van der Waals surface area contributed by atoms with Gasteiger partial charge >= 0.3 is 0 Å². The molecule has 0 spiro atoms. The zero-order valence-electron chi connectivity index (χ0n) is 21.8. The highest BCUT2D eigenvalue weighted by molar-refractivity contribution is 7.89.